The van der Waals surface area contributed by atoms with Gasteiger partial charge in [0.15, 0.2) is 0 Å². The number of piperidine rings is 1. The second-order valence-corrected chi connectivity index (χ2v) is 5.79. The SMILES string of the molecule is CSCC(=O)N(CC1CCCNC1)C1CC1. The van der Waals surface area contributed by atoms with Gasteiger partial charge in [-0.25, -0.2) is 0 Å². The third-order valence-electron chi connectivity index (χ3n) is 3.43. The largest absolute Gasteiger partial charge is 0.339 e. The standard InChI is InChI=1S/C12H22N2OS/c1-16-9-12(15)14(11-4-5-11)8-10-3-2-6-13-7-10/h10-11,13H,2-9H2,1H3. The Kier molecular flexibility index (Phi) is 4.53. The molecule has 0 aromatic carbocycles. The van der Waals surface area contributed by atoms with Gasteiger partial charge < -0.3 is 10.2 Å². The van der Waals surface area contributed by atoms with Crippen molar-refractivity contribution in [3.05, 3.63) is 0 Å². The van der Waals surface area contributed by atoms with E-state index in [-0.39, 0.29) is 0 Å². The van der Waals surface area contributed by atoms with Crippen molar-refractivity contribution in [2.24, 2.45) is 5.92 Å². The number of nitrogens with zero attached hydrogens (tertiary/aromatic N) is 1. The molecular weight excluding hydrogens is 220 g/mol. The molecule has 1 heterocycles. The Bertz CT molecular complexity index is 237. The van der Waals surface area contributed by atoms with Crippen LogP contribution in [-0.4, -0.2) is 48.5 Å². The lowest BCUT2D eigenvalue weighted by atomic mass is 9.99. The van der Waals surface area contributed by atoms with Gasteiger partial charge >= 0.3 is 0 Å². The number of nitrogens with one attached hydrogen (secondary N) is 1. The summed E-state index contributed by atoms with van der Waals surface area (Å²) in [7, 11) is 0. The molecule has 0 aromatic heterocycles. The molecule has 1 aliphatic carbocycles. The summed E-state index contributed by atoms with van der Waals surface area (Å²) in [4.78, 5) is 14.1. The molecule has 1 amide bonds. The molecule has 0 spiro atoms. The molecule has 2 rings (SSSR count). The maximum atomic E-state index is 12.0. The van der Waals surface area contributed by atoms with E-state index in [0.717, 1.165) is 19.6 Å². The Labute approximate surface area is 102 Å². The Morgan fingerprint density at radius 2 is 2.25 bits per heavy atom. The van der Waals surface area contributed by atoms with E-state index >= 15 is 0 Å². The summed E-state index contributed by atoms with van der Waals surface area (Å²) >= 11 is 1.64. The molecule has 2 aliphatic rings. The van der Waals surface area contributed by atoms with Crippen LogP contribution in [0.5, 0.6) is 0 Å². The van der Waals surface area contributed by atoms with E-state index < -0.39 is 0 Å². The number of rotatable bonds is 5. The third kappa shape index (κ3) is 3.39. The molecule has 1 saturated carbocycles. The highest BCUT2D eigenvalue weighted by Crippen LogP contribution is 2.29. The first-order valence-electron chi connectivity index (χ1n) is 6.30. The predicted octanol–water partition coefficient (Wildman–Crippen LogP) is 1.34. The van der Waals surface area contributed by atoms with E-state index in [1.807, 2.05) is 6.26 Å². The van der Waals surface area contributed by atoms with Gasteiger partial charge in [0.1, 0.15) is 0 Å². The molecule has 2 fully saturated rings. The number of hydrogen-bond acceptors (Lipinski definition) is 3. The van der Waals surface area contributed by atoms with Crippen LogP contribution in [0.25, 0.3) is 0 Å². The van der Waals surface area contributed by atoms with Crippen molar-refractivity contribution in [2.75, 3.05) is 31.6 Å². The van der Waals surface area contributed by atoms with Crippen molar-refractivity contribution in [3.63, 3.8) is 0 Å². The molecule has 1 aliphatic heterocycles. The van der Waals surface area contributed by atoms with Crippen LogP contribution in [-0.2, 0) is 4.79 Å². The fraction of sp³-hybridized carbons (Fsp3) is 0.917. The van der Waals surface area contributed by atoms with Crippen molar-refractivity contribution in [1.82, 2.24) is 10.2 Å². The zero-order valence-electron chi connectivity index (χ0n) is 10.1. The van der Waals surface area contributed by atoms with Crippen molar-refractivity contribution in [1.29, 1.82) is 0 Å². The van der Waals surface area contributed by atoms with E-state index in [0.29, 0.717) is 23.6 Å². The monoisotopic (exact) mass is 242 g/mol. The minimum Gasteiger partial charge on any atom is -0.339 e. The topological polar surface area (TPSA) is 32.3 Å². The number of amides is 1. The molecular formula is C12H22N2OS. The second kappa shape index (κ2) is 5.92. The lowest BCUT2D eigenvalue weighted by molar-refractivity contribution is -0.129. The Balaban J connectivity index is 1.83. The van der Waals surface area contributed by atoms with Crippen LogP contribution < -0.4 is 5.32 Å². The summed E-state index contributed by atoms with van der Waals surface area (Å²) in [5.74, 6) is 1.68. The van der Waals surface area contributed by atoms with Crippen molar-refractivity contribution >= 4 is 17.7 Å². The highest BCUT2D eigenvalue weighted by molar-refractivity contribution is 7.99. The minimum absolute atomic E-state index is 0.348. The van der Waals surface area contributed by atoms with Crippen LogP contribution in [0.15, 0.2) is 0 Å². The van der Waals surface area contributed by atoms with E-state index in [4.69, 9.17) is 0 Å². The van der Waals surface area contributed by atoms with Crippen molar-refractivity contribution in [2.45, 2.75) is 31.7 Å². The predicted molar refractivity (Wildman–Crippen MR) is 68.7 cm³/mol. The molecule has 4 heteroatoms. The van der Waals surface area contributed by atoms with Crippen molar-refractivity contribution in [3.8, 4) is 0 Å². The lowest BCUT2D eigenvalue weighted by Gasteiger charge is -2.30. The van der Waals surface area contributed by atoms with Gasteiger partial charge in [-0.1, -0.05) is 0 Å². The van der Waals surface area contributed by atoms with E-state index in [2.05, 4.69) is 10.2 Å². The Morgan fingerprint density at radius 1 is 1.44 bits per heavy atom. The van der Waals surface area contributed by atoms with E-state index in [9.17, 15) is 4.79 Å². The summed E-state index contributed by atoms with van der Waals surface area (Å²) in [5.41, 5.74) is 0. The summed E-state index contributed by atoms with van der Waals surface area (Å²) in [6.07, 6.45) is 6.99. The van der Waals surface area contributed by atoms with Gasteiger partial charge in [-0.15, -0.1) is 0 Å². The zero-order chi connectivity index (χ0) is 11.4. The third-order valence-corrected chi connectivity index (χ3v) is 3.97. The highest BCUT2D eigenvalue weighted by atomic mass is 32.2. The summed E-state index contributed by atoms with van der Waals surface area (Å²) < 4.78 is 0. The average molecular weight is 242 g/mol. The van der Waals surface area contributed by atoms with Gasteiger partial charge in [0.05, 0.1) is 5.75 Å². The van der Waals surface area contributed by atoms with Gasteiger partial charge in [-0.05, 0) is 50.9 Å². The fourth-order valence-corrected chi connectivity index (χ4v) is 2.82. The smallest absolute Gasteiger partial charge is 0.232 e. The van der Waals surface area contributed by atoms with Crippen LogP contribution in [0.3, 0.4) is 0 Å². The van der Waals surface area contributed by atoms with Crippen LogP contribution in [0, 0.1) is 5.92 Å². The number of thioether (sulfide) groups is 1. The maximum Gasteiger partial charge on any atom is 0.232 e. The second-order valence-electron chi connectivity index (χ2n) is 4.92. The quantitative estimate of drug-likeness (QED) is 0.789. The van der Waals surface area contributed by atoms with Gasteiger partial charge in [0.2, 0.25) is 5.91 Å². The molecule has 1 saturated heterocycles. The van der Waals surface area contributed by atoms with Crippen LogP contribution >= 0.6 is 11.8 Å². The van der Waals surface area contributed by atoms with Crippen LogP contribution in [0.2, 0.25) is 0 Å². The number of hydrogen-bond donors (Lipinski definition) is 1. The lowest BCUT2D eigenvalue weighted by Crippen LogP contribution is -2.42. The number of carbonyl (C=O) groups is 1. The molecule has 92 valence electrons. The molecule has 0 bridgehead atoms. The highest BCUT2D eigenvalue weighted by Gasteiger charge is 2.33. The molecule has 0 aromatic rings. The van der Waals surface area contributed by atoms with Crippen LogP contribution in [0.4, 0.5) is 0 Å². The zero-order valence-corrected chi connectivity index (χ0v) is 10.9. The molecule has 16 heavy (non-hydrogen) atoms. The normalized spacial score (nSPS) is 25.4. The minimum atomic E-state index is 0.348. The maximum absolute atomic E-state index is 12.0. The first-order valence-corrected chi connectivity index (χ1v) is 7.69. The fourth-order valence-electron chi connectivity index (χ4n) is 2.41. The average Bonchev–Trinajstić information content (AvgIpc) is 3.11. The molecule has 1 N–H and O–H groups in total. The Hall–Kier alpha value is -0.220. The summed E-state index contributed by atoms with van der Waals surface area (Å²) in [6, 6.07) is 0.571. The molecule has 1 unspecified atom stereocenters. The van der Waals surface area contributed by atoms with E-state index in [1.54, 1.807) is 11.8 Å². The van der Waals surface area contributed by atoms with Gasteiger partial charge in [0.25, 0.3) is 0 Å². The Morgan fingerprint density at radius 3 is 2.81 bits per heavy atom. The van der Waals surface area contributed by atoms with Gasteiger partial charge in [-0.2, -0.15) is 11.8 Å². The first kappa shape index (κ1) is 12.2. The van der Waals surface area contributed by atoms with Crippen LogP contribution in [0.1, 0.15) is 25.7 Å². The molecule has 0 radical (unpaired) electrons. The van der Waals surface area contributed by atoms with E-state index in [1.165, 1.54) is 25.7 Å². The van der Waals surface area contributed by atoms with Crippen molar-refractivity contribution < 1.29 is 4.79 Å². The molecule has 3 nitrogen and oxygen atoms in total. The number of carbonyl (C=O) groups excluding carboxylic acids is 1. The first-order chi connectivity index (χ1) is 7.81. The summed E-state index contributed by atoms with van der Waals surface area (Å²) in [6.45, 7) is 3.23. The van der Waals surface area contributed by atoms with Gasteiger partial charge in [-0.3, -0.25) is 4.79 Å². The summed E-state index contributed by atoms with van der Waals surface area (Å²) in [5, 5.41) is 3.43. The molecule has 1 atom stereocenters. The van der Waals surface area contributed by atoms with Gasteiger partial charge in [0, 0.05) is 12.6 Å².